The third-order valence-electron chi connectivity index (χ3n) is 1.80. The van der Waals surface area contributed by atoms with Crippen molar-refractivity contribution < 1.29 is 18.0 Å². The van der Waals surface area contributed by atoms with Gasteiger partial charge in [-0.3, -0.25) is 9.79 Å². The highest BCUT2D eigenvalue weighted by Crippen LogP contribution is 2.18. The van der Waals surface area contributed by atoms with E-state index >= 15 is 0 Å². The molecule has 0 saturated carbocycles. The number of carbonyl (C=O) groups excluding carboxylic acids is 1. The quantitative estimate of drug-likeness (QED) is 0.274. The number of guanidine groups is 1. The lowest BCUT2D eigenvalue weighted by molar-refractivity contribution is -0.132. The molecule has 0 spiro atoms. The molecule has 0 aliphatic heterocycles. The highest BCUT2D eigenvalue weighted by atomic mass is 127. The molecule has 9 heteroatoms. The number of aliphatic imine (C=N–C) groups is 1. The zero-order valence-electron chi connectivity index (χ0n) is 10.9. The number of halogens is 4. The van der Waals surface area contributed by atoms with Crippen LogP contribution in [0, 0.1) is 0 Å². The molecule has 114 valence electrons. The highest BCUT2D eigenvalue weighted by Gasteiger charge is 2.26. The maximum absolute atomic E-state index is 11.9. The molecule has 19 heavy (non-hydrogen) atoms. The molecule has 3 N–H and O–H groups in total. The predicted octanol–water partition coefficient (Wildman–Crippen LogP) is 1.25. The Morgan fingerprint density at radius 1 is 1.16 bits per heavy atom. The first-order valence-corrected chi connectivity index (χ1v) is 5.68. The van der Waals surface area contributed by atoms with Gasteiger partial charge in [-0.1, -0.05) is 0 Å². The van der Waals surface area contributed by atoms with Crippen LogP contribution in [0.25, 0.3) is 0 Å². The lowest BCUT2D eigenvalue weighted by Gasteiger charge is -2.11. The fourth-order valence-electron chi connectivity index (χ4n) is 1.06. The molecule has 0 aromatic rings. The minimum Gasteiger partial charge on any atom is -0.357 e. The van der Waals surface area contributed by atoms with Crippen LogP contribution in [0.2, 0.25) is 0 Å². The van der Waals surface area contributed by atoms with Crippen LogP contribution in [-0.2, 0) is 4.79 Å². The van der Waals surface area contributed by atoms with Gasteiger partial charge < -0.3 is 16.0 Å². The normalized spacial score (nSPS) is 11.5. The van der Waals surface area contributed by atoms with Gasteiger partial charge in [-0.25, -0.2) is 0 Å². The molecule has 0 saturated heterocycles. The molecule has 0 aliphatic carbocycles. The largest absolute Gasteiger partial charge is 0.390 e. The van der Waals surface area contributed by atoms with Gasteiger partial charge in [0.25, 0.3) is 0 Å². The molecule has 0 aliphatic rings. The highest BCUT2D eigenvalue weighted by molar-refractivity contribution is 14.0. The minimum atomic E-state index is -4.20. The van der Waals surface area contributed by atoms with Crippen LogP contribution in [-0.4, -0.2) is 44.2 Å². The summed E-state index contributed by atoms with van der Waals surface area (Å²) >= 11 is 0. The second-order valence-electron chi connectivity index (χ2n) is 3.54. The van der Waals surface area contributed by atoms with E-state index in [0.29, 0.717) is 25.6 Å². The number of carbonyl (C=O) groups is 1. The number of nitrogens with zero attached hydrogens (tertiary/aromatic N) is 1. The smallest absolute Gasteiger partial charge is 0.357 e. The van der Waals surface area contributed by atoms with Crippen molar-refractivity contribution in [3.8, 4) is 0 Å². The van der Waals surface area contributed by atoms with Crippen LogP contribution < -0.4 is 16.0 Å². The molecule has 0 aromatic heterocycles. The predicted molar refractivity (Wildman–Crippen MR) is 78.8 cm³/mol. The summed E-state index contributed by atoms with van der Waals surface area (Å²) in [6.45, 7) is 4.23. The van der Waals surface area contributed by atoms with Crippen molar-refractivity contribution in [3.05, 3.63) is 0 Å². The van der Waals surface area contributed by atoms with E-state index in [1.54, 1.807) is 0 Å². The first kappa shape index (κ1) is 20.6. The van der Waals surface area contributed by atoms with Crippen LogP contribution in [0.1, 0.15) is 20.3 Å². The van der Waals surface area contributed by atoms with E-state index in [2.05, 4.69) is 20.9 Å². The Balaban J connectivity index is 0. The lowest BCUT2D eigenvalue weighted by atomic mass is 10.4. The average Bonchev–Trinajstić information content (AvgIpc) is 2.22. The molecule has 0 fully saturated rings. The zero-order chi connectivity index (χ0) is 14.0. The molecule has 0 radical (unpaired) electrons. The lowest BCUT2D eigenvalue weighted by Crippen LogP contribution is -2.41. The maximum atomic E-state index is 11.9. The standard InChI is InChI=1S/C10H19F3N4O.HI/c1-3-14-9(16-5-4-10(11,12)13)17-7-6-15-8(2)18;/h3-7H2,1-2H3,(H,15,18)(H2,14,16,17);1H. The summed E-state index contributed by atoms with van der Waals surface area (Å²) in [5.41, 5.74) is 0. The van der Waals surface area contributed by atoms with Crippen LogP contribution in [0.5, 0.6) is 0 Å². The van der Waals surface area contributed by atoms with Gasteiger partial charge in [-0.05, 0) is 6.92 Å². The molecule has 0 bridgehead atoms. The fraction of sp³-hybridized carbons (Fsp3) is 0.800. The number of alkyl halides is 3. The summed E-state index contributed by atoms with van der Waals surface area (Å²) in [5, 5.41) is 8.19. The van der Waals surface area contributed by atoms with Crippen molar-refractivity contribution in [2.45, 2.75) is 26.4 Å². The number of hydrogen-bond acceptors (Lipinski definition) is 2. The van der Waals surface area contributed by atoms with Gasteiger partial charge in [0.15, 0.2) is 5.96 Å². The second kappa shape index (κ2) is 11.1. The summed E-state index contributed by atoms with van der Waals surface area (Å²) in [7, 11) is 0. The van der Waals surface area contributed by atoms with Crippen LogP contribution in [0.3, 0.4) is 0 Å². The molecule has 0 heterocycles. The summed E-state index contributed by atoms with van der Waals surface area (Å²) in [6, 6.07) is 0. The topological polar surface area (TPSA) is 65.5 Å². The van der Waals surface area contributed by atoms with E-state index in [1.165, 1.54) is 6.92 Å². The van der Waals surface area contributed by atoms with Crippen molar-refractivity contribution in [1.29, 1.82) is 0 Å². The van der Waals surface area contributed by atoms with Crippen molar-refractivity contribution in [2.24, 2.45) is 4.99 Å². The average molecular weight is 396 g/mol. The Kier molecular flexibility index (Phi) is 12.0. The Bertz CT molecular complexity index is 284. The number of hydrogen-bond donors (Lipinski definition) is 3. The number of nitrogens with one attached hydrogen (secondary N) is 3. The summed E-state index contributed by atoms with van der Waals surface area (Å²) in [4.78, 5) is 14.4. The first-order valence-electron chi connectivity index (χ1n) is 5.68. The van der Waals surface area contributed by atoms with Crippen molar-refractivity contribution in [1.82, 2.24) is 16.0 Å². The monoisotopic (exact) mass is 396 g/mol. The van der Waals surface area contributed by atoms with Crippen molar-refractivity contribution in [2.75, 3.05) is 26.2 Å². The number of rotatable bonds is 6. The maximum Gasteiger partial charge on any atom is 0.390 e. The third kappa shape index (κ3) is 15.2. The summed E-state index contributed by atoms with van der Waals surface area (Å²) in [5.74, 6) is 0.155. The van der Waals surface area contributed by atoms with E-state index in [0.717, 1.165) is 0 Å². The van der Waals surface area contributed by atoms with E-state index in [4.69, 9.17) is 0 Å². The van der Waals surface area contributed by atoms with Gasteiger partial charge in [0.05, 0.1) is 13.0 Å². The minimum absolute atomic E-state index is 0. The fourth-order valence-corrected chi connectivity index (χ4v) is 1.06. The van der Waals surface area contributed by atoms with Gasteiger partial charge in [0, 0.05) is 26.6 Å². The molecule has 0 atom stereocenters. The van der Waals surface area contributed by atoms with Gasteiger partial charge in [-0.15, -0.1) is 24.0 Å². The molecular formula is C10H20F3IN4O. The van der Waals surface area contributed by atoms with Gasteiger partial charge in [0.2, 0.25) is 5.91 Å². The number of amides is 1. The van der Waals surface area contributed by atoms with Crippen LogP contribution in [0.4, 0.5) is 13.2 Å². The molecule has 0 aromatic carbocycles. The van der Waals surface area contributed by atoms with E-state index in [-0.39, 0.29) is 36.4 Å². The van der Waals surface area contributed by atoms with E-state index in [1.807, 2.05) is 6.92 Å². The van der Waals surface area contributed by atoms with Gasteiger partial charge in [0.1, 0.15) is 0 Å². The molecule has 5 nitrogen and oxygen atoms in total. The first-order chi connectivity index (χ1) is 8.35. The second-order valence-corrected chi connectivity index (χ2v) is 3.54. The SMILES string of the molecule is CCNC(=NCCC(F)(F)F)NCCNC(C)=O.I. The Morgan fingerprint density at radius 2 is 1.74 bits per heavy atom. The van der Waals surface area contributed by atoms with Crippen LogP contribution in [0.15, 0.2) is 4.99 Å². The van der Waals surface area contributed by atoms with Gasteiger partial charge in [-0.2, -0.15) is 13.2 Å². The third-order valence-corrected chi connectivity index (χ3v) is 1.80. The Morgan fingerprint density at radius 3 is 2.21 bits per heavy atom. The molecular weight excluding hydrogens is 376 g/mol. The Labute approximate surface area is 127 Å². The van der Waals surface area contributed by atoms with Crippen LogP contribution >= 0.6 is 24.0 Å². The van der Waals surface area contributed by atoms with Crippen molar-refractivity contribution in [3.63, 3.8) is 0 Å². The van der Waals surface area contributed by atoms with Crippen molar-refractivity contribution >= 4 is 35.8 Å². The van der Waals surface area contributed by atoms with Gasteiger partial charge >= 0.3 is 6.18 Å². The molecule has 1 amide bonds. The summed E-state index contributed by atoms with van der Waals surface area (Å²) < 4.78 is 35.8. The van der Waals surface area contributed by atoms with E-state index < -0.39 is 12.6 Å². The zero-order valence-corrected chi connectivity index (χ0v) is 13.3. The van der Waals surface area contributed by atoms with E-state index in [9.17, 15) is 18.0 Å². The molecule has 0 rings (SSSR count). The summed E-state index contributed by atoms with van der Waals surface area (Å²) in [6.07, 6.45) is -5.15. The molecule has 0 unspecified atom stereocenters. The Hall–Kier alpha value is -0.740.